The maximum Gasteiger partial charge on any atom is 0.254 e. The van der Waals surface area contributed by atoms with Gasteiger partial charge >= 0.3 is 0 Å². The number of imidazole rings is 1. The SMILES string of the molecule is O=C(c1cccc(OCc2cn3ccccc3n2)c1)N1CCN(CCN2CCCC2)CC1. The molecule has 0 spiro atoms. The molecule has 1 amide bonds. The molecule has 0 aliphatic carbocycles. The van der Waals surface area contributed by atoms with Crippen LogP contribution in [0.5, 0.6) is 5.75 Å². The van der Waals surface area contributed by atoms with Crippen LogP contribution in [0.25, 0.3) is 5.65 Å². The molecule has 7 nitrogen and oxygen atoms in total. The summed E-state index contributed by atoms with van der Waals surface area (Å²) in [4.78, 5) is 24.6. The first-order chi connectivity index (χ1) is 15.7. The van der Waals surface area contributed by atoms with E-state index in [9.17, 15) is 4.79 Å². The third kappa shape index (κ3) is 4.95. The molecule has 0 N–H and O–H groups in total. The van der Waals surface area contributed by atoms with E-state index in [2.05, 4.69) is 14.8 Å². The van der Waals surface area contributed by atoms with E-state index in [0.717, 1.165) is 50.6 Å². The van der Waals surface area contributed by atoms with Gasteiger partial charge in [0.15, 0.2) is 0 Å². The zero-order valence-corrected chi connectivity index (χ0v) is 18.5. The van der Waals surface area contributed by atoms with Gasteiger partial charge in [-0.05, 0) is 56.3 Å². The lowest BCUT2D eigenvalue weighted by atomic mass is 10.1. The van der Waals surface area contributed by atoms with E-state index in [1.54, 1.807) is 0 Å². The van der Waals surface area contributed by atoms with Crippen LogP contribution in [0.15, 0.2) is 54.9 Å². The van der Waals surface area contributed by atoms with Crippen LogP contribution in [-0.4, -0.2) is 82.3 Å². The van der Waals surface area contributed by atoms with Gasteiger partial charge in [0, 0.05) is 57.2 Å². The van der Waals surface area contributed by atoms with Crippen LogP contribution < -0.4 is 4.74 Å². The fourth-order valence-corrected chi connectivity index (χ4v) is 4.58. The summed E-state index contributed by atoms with van der Waals surface area (Å²) in [5.41, 5.74) is 2.44. The van der Waals surface area contributed by atoms with Crippen molar-refractivity contribution in [3.05, 3.63) is 66.1 Å². The average molecular weight is 434 g/mol. The number of aromatic nitrogens is 2. The predicted octanol–water partition coefficient (Wildman–Crippen LogP) is 2.77. The zero-order chi connectivity index (χ0) is 21.8. The van der Waals surface area contributed by atoms with Crippen LogP contribution in [0.2, 0.25) is 0 Å². The highest BCUT2D eigenvalue weighted by molar-refractivity contribution is 5.94. The monoisotopic (exact) mass is 433 g/mol. The zero-order valence-electron chi connectivity index (χ0n) is 18.5. The standard InChI is InChI=1S/C25H31N5O2/c31-25(29-16-14-28(15-17-29)13-12-27-9-3-4-10-27)21-6-5-7-23(18-21)32-20-22-19-30-11-2-1-8-24(30)26-22/h1-2,5-8,11,18-19H,3-4,9-10,12-17,20H2. The number of hydrogen-bond acceptors (Lipinski definition) is 5. The Morgan fingerprint density at radius 2 is 1.69 bits per heavy atom. The topological polar surface area (TPSA) is 53.3 Å². The van der Waals surface area contributed by atoms with Crippen molar-refractivity contribution in [2.75, 3.05) is 52.4 Å². The molecule has 2 saturated heterocycles. The second-order valence-electron chi connectivity index (χ2n) is 8.70. The molecule has 4 heterocycles. The number of fused-ring (bicyclic) bond motifs is 1. The minimum atomic E-state index is 0.0855. The van der Waals surface area contributed by atoms with Crippen molar-refractivity contribution in [2.24, 2.45) is 0 Å². The number of piperazine rings is 1. The van der Waals surface area contributed by atoms with E-state index in [4.69, 9.17) is 4.74 Å². The van der Waals surface area contributed by atoms with Crippen LogP contribution in [0, 0.1) is 0 Å². The summed E-state index contributed by atoms with van der Waals surface area (Å²) in [6.45, 7) is 8.58. The number of pyridine rings is 1. The van der Waals surface area contributed by atoms with E-state index in [1.807, 2.05) is 64.2 Å². The Morgan fingerprint density at radius 3 is 2.47 bits per heavy atom. The van der Waals surface area contributed by atoms with E-state index in [0.29, 0.717) is 17.9 Å². The first-order valence-electron chi connectivity index (χ1n) is 11.6. The lowest BCUT2D eigenvalue weighted by Gasteiger charge is -2.35. The molecule has 2 fully saturated rings. The summed E-state index contributed by atoms with van der Waals surface area (Å²) in [6.07, 6.45) is 6.61. The predicted molar refractivity (Wildman–Crippen MR) is 124 cm³/mol. The minimum absolute atomic E-state index is 0.0855. The number of likely N-dealkylation sites (tertiary alicyclic amines) is 1. The maximum absolute atomic E-state index is 13.0. The molecule has 7 heteroatoms. The molecule has 0 atom stereocenters. The van der Waals surface area contributed by atoms with E-state index in [-0.39, 0.29) is 5.91 Å². The minimum Gasteiger partial charge on any atom is -0.487 e. The molecule has 5 rings (SSSR count). The second-order valence-corrected chi connectivity index (χ2v) is 8.70. The maximum atomic E-state index is 13.0. The van der Waals surface area contributed by atoms with E-state index in [1.165, 1.54) is 25.9 Å². The van der Waals surface area contributed by atoms with Crippen LogP contribution >= 0.6 is 0 Å². The lowest BCUT2D eigenvalue weighted by molar-refractivity contribution is 0.0626. The summed E-state index contributed by atoms with van der Waals surface area (Å²) in [7, 11) is 0. The summed E-state index contributed by atoms with van der Waals surface area (Å²) in [6, 6.07) is 13.4. The van der Waals surface area contributed by atoms with Crippen molar-refractivity contribution >= 4 is 11.6 Å². The van der Waals surface area contributed by atoms with Crippen LogP contribution in [0.4, 0.5) is 0 Å². The molecule has 0 bridgehead atoms. The smallest absolute Gasteiger partial charge is 0.254 e. The van der Waals surface area contributed by atoms with Crippen molar-refractivity contribution in [3.63, 3.8) is 0 Å². The van der Waals surface area contributed by atoms with Crippen LogP contribution in [0.3, 0.4) is 0 Å². The quantitative estimate of drug-likeness (QED) is 0.574. The largest absolute Gasteiger partial charge is 0.487 e. The summed E-state index contributed by atoms with van der Waals surface area (Å²) in [5.74, 6) is 0.777. The van der Waals surface area contributed by atoms with Gasteiger partial charge in [-0.2, -0.15) is 0 Å². The van der Waals surface area contributed by atoms with Gasteiger partial charge in [-0.25, -0.2) is 4.98 Å². The lowest BCUT2D eigenvalue weighted by Crippen LogP contribution is -2.50. The molecule has 0 unspecified atom stereocenters. The van der Waals surface area contributed by atoms with Crippen LogP contribution in [0.1, 0.15) is 28.9 Å². The average Bonchev–Trinajstić information content (AvgIpc) is 3.51. The molecule has 168 valence electrons. The van der Waals surface area contributed by atoms with Gasteiger partial charge < -0.3 is 18.9 Å². The Kier molecular flexibility index (Phi) is 6.36. The number of amides is 1. The summed E-state index contributed by atoms with van der Waals surface area (Å²) in [5, 5.41) is 0. The fraction of sp³-hybridized carbons (Fsp3) is 0.440. The molecule has 3 aromatic rings. The highest BCUT2D eigenvalue weighted by Crippen LogP contribution is 2.18. The third-order valence-corrected chi connectivity index (χ3v) is 6.47. The molecule has 2 aromatic heterocycles. The van der Waals surface area contributed by atoms with Crippen molar-refractivity contribution in [3.8, 4) is 5.75 Å². The summed E-state index contributed by atoms with van der Waals surface area (Å²) >= 11 is 0. The Morgan fingerprint density at radius 1 is 0.906 bits per heavy atom. The van der Waals surface area contributed by atoms with Crippen molar-refractivity contribution in [2.45, 2.75) is 19.4 Å². The molecule has 2 aliphatic heterocycles. The third-order valence-electron chi connectivity index (χ3n) is 6.47. The number of hydrogen-bond donors (Lipinski definition) is 0. The van der Waals surface area contributed by atoms with Crippen molar-refractivity contribution < 1.29 is 9.53 Å². The number of benzene rings is 1. The van der Waals surface area contributed by atoms with E-state index >= 15 is 0 Å². The Bertz CT molecular complexity index is 1020. The van der Waals surface area contributed by atoms with Gasteiger partial charge in [-0.1, -0.05) is 12.1 Å². The Hall–Kier alpha value is -2.90. The molecule has 32 heavy (non-hydrogen) atoms. The van der Waals surface area contributed by atoms with Crippen LogP contribution in [-0.2, 0) is 6.61 Å². The highest BCUT2D eigenvalue weighted by atomic mass is 16.5. The second kappa shape index (κ2) is 9.71. The number of carbonyl (C=O) groups excluding carboxylic acids is 1. The Balaban J connectivity index is 1.13. The molecular formula is C25H31N5O2. The van der Waals surface area contributed by atoms with Gasteiger partial charge in [-0.3, -0.25) is 9.69 Å². The van der Waals surface area contributed by atoms with Crippen molar-refractivity contribution in [1.82, 2.24) is 24.1 Å². The van der Waals surface area contributed by atoms with Gasteiger partial charge in [0.25, 0.3) is 5.91 Å². The molecule has 2 aliphatic rings. The number of ether oxygens (including phenoxy) is 1. The first-order valence-corrected chi connectivity index (χ1v) is 11.6. The van der Waals surface area contributed by atoms with E-state index < -0.39 is 0 Å². The van der Waals surface area contributed by atoms with Gasteiger partial charge in [0.2, 0.25) is 0 Å². The summed E-state index contributed by atoms with van der Waals surface area (Å²) < 4.78 is 7.91. The first kappa shape index (κ1) is 21.0. The van der Waals surface area contributed by atoms with Gasteiger partial charge in [0.1, 0.15) is 18.0 Å². The van der Waals surface area contributed by atoms with Gasteiger partial charge in [-0.15, -0.1) is 0 Å². The number of carbonyl (C=O) groups is 1. The normalized spacial score (nSPS) is 17.8. The number of rotatable bonds is 7. The van der Waals surface area contributed by atoms with Gasteiger partial charge in [0.05, 0.1) is 5.69 Å². The highest BCUT2D eigenvalue weighted by Gasteiger charge is 2.23. The molecule has 1 aromatic carbocycles. The number of nitrogens with zero attached hydrogens (tertiary/aromatic N) is 5. The Labute approximate surface area is 189 Å². The molecule has 0 saturated carbocycles. The molecular weight excluding hydrogens is 402 g/mol. The fourth-order valence-electron chi connectivity index (χ4n) is 4.58. The molecule has 0 radical (unpaired) electrons. The van der Waals surface area contributed by atoms with Crippen molar-refractivity contribution in [1.29, 1.82) is 0 Å².